The summed E-state index contributed by atoms with van der Waals surface area (Å²) >= 11 is 0. The smallest absolute Gasteiger partial charge is 0.164 e. The highest BCUT2D eigenvalue weighted by atomic mass is 16.5. The molecule has 1 aromatic carbocycles. The van der Waals surface area contributed by atoms with Crippen LogP contribution in [0.2, 0.25) is 0 Å². The highest BCUT2D eigenvalue weighted by Gasteiger charge is 2.19. The molecule has 0 bridgehead atoms. The van der Waals surface area contributed by atoms with E-state index in [0.29, 0.717) is 19.8 Å². The van der Waals surface area contributed by atoms with Crippen molar-refractivity contribution in [3.63, 3.8) is 0 Å². The van der Waals surface area contributed by atoms with Crippen LogP contribution in [0.3, 0.4) is 0 Å². The van der Waals surface area contributed by atoms with E-state index < -0.39 is 0 Å². The van der Waals surface area contributed by atoms with Gasteiger partial charge in [-0.2, -0.15) is 0 Å². The van der Waals surface area contributed by atoms with Crippen LogP contribution < -0.4 is 14.2 Å². The first-order valence-corrected chi connectivity index (χ1v) is 8.11. The van der Waals surface area contributed by atoms with Crippen LogP contribution in [0.15, 0.2) is 30.7 Å². The molecule has 128 valence electrons. The lowest BCUT2D eigenvalue weighted by Gasteiger charge is -2.25. The maximum Gasteiger partial charge on any atom is 0.164 e. The van der Waals surface area contributed by atoms with E-state index in [0.717, 1.165) is 34.9 Å². The molecule has 0 N–H and O–H groups in total. The molecule has 2 aromatic rings. The molecule has 0 amide bonds. The quantitative estimate of drug-likeness (QED) is 0.841. The Kier molecular flexibility index (Phi) is 5.15. The minimum absolute atomic E-state index is 0.161. The Bertz CT molecular complexity index is 679. The van der Waals surface area contributed by atoms with Crippen LogP contribution in [0.25, 0.3) is 0 Å². The minimum atomic E-state index is 0.161. The molecular formula is C18H23N3O3. The van der Waals surface area contributed by atoms with Gasteiger partial charge in [0.15, 0.2) is 11.5 Å². The predicted molar refractivity (Wildman–Crippen MR) is 90.5 cm³/mol. The normalized spacial score (nSPS) is 15.0. The summed E-state index contributed by atoms with van der Waals surface area (Å²) in [5.74, 6) is 2.34. The number of ether oxygens (including phenoxy) is 3. The average Bonchev–Trinajstić information content (AvgIpc) is 2.85. The summed E-state index contributed by atoms with van der Waals surface area (Å²) in [7, 11) is 3.74. The van der Waals surface area contributed by atoms with Crippen molar-refractivity contribution >= 4 is 0 Å². The van der Waals surface area contributed by atoms with Crippen LogP contribution in [-0.2, 0) is 6.54 Å². The maximum atomic E-state index is 5.80. The SMILES string of the molecule is COc1cc2c(cc1CN(C)C(C)c1ccncn1)OCCCO2. The van der Waals surface area contributed by atoms with Gasteiger partial charge in [0.1, 0.15) is 12.1 Å². The molecule has 6 nitrogen and oxygen atoms in total. The van der Waals surface area contributed by atoms with Gasteiger partial charge in [0.05, 0.1) is 26.0 Å². The van der Waals surface area contributed by atoms with Gasteiger partial charge in [-0.3, -0.25) is 4.90 Å². The van der Waals surface area contributed by atoms with Crippen molar-refractivity contribution < 1.29 is 14.2 Å². The van der Waals surface area contributed by atoms with Gasteiger partial charge in [-0.1, -0.05) is 0 Å². The molecule has 2 heterocycles. The molecule has 1 atom stereocenters. The minimum Gasteiger partial charge on any atom is -0.496 e. The van der Waals surface area contributed by atoms with E-state index in [1.165, 1.54) is 0 Å². The fourth-order valence-corrected chi connectivity index (χ4v) is 2.73. The van der Waals surface area contributed by atoms with E-state index in [2.05, 4.69) is 28.8 Å². The van der Waals surface area contributed by atoms with Crippen molar-refractivity contribution in [3.8, 4) is 17.2 Å². The zero-order valence-electron chi connectivity index (χ0n) is 14.4. The fraction of sp³-hybridized carbons (Fsp3) is 0.444. The number of nitrogens with zero attached hydrogens (tertiary/aromatic N) is 3. The first kappa shape index (κ1) is 16.5. The number of rotatable bonds is 5. The molecule has 0 fully saturated rings. The number of methoxy groups -OCH3 is 1. The Balaban J connectivity index is 1.82. The van der Waals surface area contributed by atoms with Crippen molar-refractivity contribution in [1.82, 2.24) is 14.9 Å². The van der Waals surface area contributed by atoms with Gasteiger partial charge < -0.3 is 14.2 Å². The van der Waals surface area contributed by atoms with E-state index in [1.54, 1.807) is 19.6 Å². The molecule has 1 aliphatic heterocycles. The van der Waals surface area contributed by atoms with Gasteiger partial charge in [-0.15, -0.1) is 0 Å². The number of hydrogen-bond acceptors (Lipinski definition) is 6. The molecule has 0 saturated carbocycles. The molecule has 1 aliphatic rings. The summed E-state index contributed by atoms with van der Waals surface area (Å²) in [4.78, 5) is 10.5. The lowest BCUT2D eigenvalue weighted by molar-refractivity contribution is 0.243. The van der Waals surface area contributed by atoms with Crippen LogP contribution in [0, 0.1) is 0 Å². The topological polar surface area (TPSA) is 56.7 Å². The van der Waals surface area contributed by atoms with Gasteiger partial charge in [0.2, 0.25) is 0 Å². The third-order valence-electron chi connectivity index (χ3n) is 4.26. The monoisotopic (exact) mass is 329 g/mol. The summed E-state index contributed by atoms with van der Waals surface area (Å²) in [6, 6.07) is 6.03. The summed E-state index contributed by atoms with van der Waals surface area (Å²) in [5, 5.41) is 0. The zero-order chi connectivity index (χ0) is 16.9. The Labute approximate surface area is 142 Å². The van der Waals surface area contributed by atoms with E-state index in [9.17, 15) is 0 Å². The third-order valence-corrected chi connectivity index (χ3v) is 4.26. The molecule has 0 radical (unpaired) electrons. The fourth-order valence-electron chi connectivity index (χ4n) is 2.73. The molecule has 1 unspecified atom stereocenters. The predicted octanol–water partition coefficient (Wildman–Crippen LogP) is 2.84. The van der Waals surface area contributed by atoms with E-state index >= 15 is 0 Å². The molecule has 3 rings (SSSR count). The van der Waals surface area contributed by atoms with Crippen molar-refractivity contribution in [2.45, 2.75) is 25.9 Å². The van der Waals surface area contributed by atoms with Crippen molar-refractivity contribution in [2.75, 3.05) is 27.4 Å². The van der Waals surface area contributed by atoms with Gasteiger partial charge >= 0.3 is 0 Å². The molecular weight excluding hydrogens is 306 g/mol. The summed E-state index contributed by atoms with van der Waals surface area (Å²) in [5.41, 5.74) is 2.05. The highest BCUT2D eigenvalue weighted by Crippen LogP contribution is 2.37. The van der Waals surface area contributed by atoms with Crippen LogP contribution in [0.4, 0.5) is 0 Å². The number of benzene rings is 1. The average molecular weight is 329 g/mol. The second-order valence-electron chi connectivity index (χ2n) is 5.89. The Morgan fingerprint density at radius 3 is 2.67 bits per heavy atom. The molecule has 24 heavy (non-hydrogen) atoms. The third kappa shape index (κ3) is 3.59. The zero-order valence-corrected chi connectivity index (χ0v) is 14.4. The van der Waals surface area contributed by atoms with Crippen LogP contribution in [0.1, 0.15) is 30.6 Å². The standard InChI is InChI=1S/C18H23N3O3/c1-13(15-5-6-19-12-20-15)21(2)11-14-9-17-18(10-16(14)22-3)24-8-4-7-23-17/h5-6,9-10,12-13H,4,7-8,11H2,1-3H3. The Morgan fingerprint density at radius 2 is 2.00 bits per heavy atom. The van der Waals surface area contributed by atoms with Crippen molar-refractivity contribution in [1.29, 1.82) is 0 Å². The Morgan fingerprint density at radius 1 is 1.25 bits per heavy atom. The van der Waals surface area contributed by atoms with E-state index in [-0.39, 0.29) is 6.04 Å². The number of aromatic nitrogens is 2. The molecule has 0 aliphatic carbocycles. The van der Waals surface area contributed by atoms with Gasteiger partial charge in [-0.05, 0) is 26.1 Å². The number of fused-ring (bicyclic) bond motifs is 1. The largest absolute Gasteiger partial charge is 0.496 e. The van der Waals surface area contributed by atoms with Crippen LogP contribution in [0.5, 0.6) is 17.2 Å². The van der Waals surface area contributed by atoms with Gasteiger partial charge in [0.25, 0.3) is 0 Å². The molecule has 1 aromatic heterocycles. The van der Waals surface area contributed by atoms with E-state index in [4.69, 9.17) is 14.2 Å². The van der Waals surface area contributed by atoms with Crippen molar-refractivity contribution in [3.05, 3.63) is 42.0 Å². The van der Waals surface area contributed by atoms with Crippen LogP contribution in [-0.4, -0.2) is 42.2 Å². The second-order valence-corrected chi connectivity index (χ2v) is 5.89. The van der Waals surface area contributed by atoms with Crippen LogP contribution >= 0.6 is 0 Å². The summed E-state index contributed by atoms with van der Waals surface area (Å²) in [6.45, 7) is 4.18. The highest BCUT2D eigenvalue weighted by molar-refractivity contribution is 5.51. The first-order chi connectivity index (χ1) is 11.7. The number of hydrogen-bond donors (Lipinski definition) is 0. The second kappa shape index (κ2) is 7.49. The van der Waals surface area contributed by atoms with Gasteiger partial charge in [-0.25, -0.2) is 9.97 Å². The van der Waals surface area contributed by atoms with Crippen molar-refractivity contribution in [2.24, 2.45) is 0 Å². The summed E-state index contributed by atoms with van der Waals surface area (Å²) < 4.78 is 17.1. The first-order valence-electron chi connectivity index (χ1n) is 8.11. The lowest BCUT2D eigenvalue weighted by Crippen LogP contribution is -2.23. The lowest BCUT2D eigenvalue weighted by atomic mass is 10.1. The molecule has 0 saturated heterocycles. The summed E-state index contributed by atoms with van der Waals surface area (Å²) in [6.07, 6.45) is 4.23. The molecule has 0 spiro atoms. The van der Waals surface area contributed by atoms with E-state index in [1.807, 2.05) is 18.2 Å². The maximum absolute atomic E-state index is 5.80. The van der Waals surface area contributed by atoms with Gasteiger partial charge in [0, 0.05) is 36.8 Å². The molecule has 6 heteroatoms. The Hall–Kier alpha value is -2.34.